The molecule has 0 spiro atoms. The zero-order valence-electron chi connectivity index (χ0n) is 10.7. The molecule has 0 bridgehead atoms. The Morgan fingerprint density at radius 1 is 1.50 bits per heavy atom. The van der Waals surface area contributed by atoms with Crippen LogP contribution in [-0.4, -0.2) is 16.9 Å². The first-order valence-corrected chi connectivity index (χ1v) is 6.27. The van der Waals surface area contributed by atoms with Gasteiger partial charge in [0, 0.05) is 12.1 Å². The van der Waals surface area contributed by atoms with Gasteiger partial charge >= 0.3 is 5.88 Å². The number of nitrogens with zero attached hydrogens (tertiary/aromatic N) is 2. The van der Waals surface area contributed by atoms with Crippen molar-refractivity contribution >= 4 is 17.9 Å². The van der Waals surface area contributed by atoms with E-state index >= 15 is 0 Å². The first-order valence-electron chi connectivity index (χ1n) is 6.27. The molecule has 1 fully saturated rings. The number of amides is 1. The summed E-state index contributed by atoms with van der Waals surface area (Å²) in [4.78, 5) is 21.7. The van der Waals surface area contributed by atoms with Gasteiger partial charge in [-0.15, -0.1) is 0 Å². The lowest BCUT2D eigenvalue weighted by atomic mass is 10.2. The summed E-state index contributed by atoms with van der Waals surface area (Å²) in [6.45, 7) is 0. The molecule has 7 heteroatoms. The normalized spacial score (nSPS) is 15.8. The van der Waals surface area contributed by atoms with Crippen LogP contribution in [0, 0.1) is 21.4 Å². The predicted octanol–water partition coefficient (Wildman–Crippen LogP) is 2.15. The molecule has 0 unspecified atom stereocenters. The SMILES string of the molecule is N#C/C(=C/c1ccc([N+](=O)[O-])o1)C(=O)NC1CCCC1. The van der Waals surface area contributed by atoms with Gasteiger partial charge in [0.25, 0.3) is 5.91 Å². The number of rotatable bonds is 4. The standard InChI is InChI=1S/C13H13N3O4/c14-8-9(13(17)15-10-3-1-2-4-10)7-11-5-6-12(20-11)16(18)19/h5-7,10H,1-4H2,(H,15,17)/b9-7-. The highest BCUT2D eigenvalue weighted by Gasteiger charge is 2.20. The summed E-state index contributed by atoms with van der Waals surface area (Å²) in [7, 11) is 0. The van der Waals surface area contributed by atoms with Gasteiger partial charge in [-0.2, -0.15) is 5.26 Å². The van der Waals surface area contributed by atoms with Gasteiger partial charge in [0.15, 0.2) is 0 Å². The third-order valence-corrected chi connectivity index (χ3v) is 3.13. The molecule has 1 heterocycles. The summed E-state index contributed by atoms with van der Waals surface area (Å²) in [6.07, 6.45) is 5.17. The highest BCUT2D eigenvalue weighted by Crippen LogP contribution is 2.20. The number of carbonyl (C=O) groups is 1. The zero-order valence-corrected chi connectivity index (χ0v) is 10.7. The molecule has 7 nitrogen and oxygen atoms in total. The Bertz CT molecular complexity index is 591. The molecule has 0 radical (unpaired) electrons. The first kappa shape index (κ1) is 13.8. The van der Waals surface area contributed by atoms with Crippen LogP contribution in [0.25, 0.3) is 6.08 Å². The summed E-state index contributed by atoms with van der Waals surface area (Å²) < 4.78 is 4.89. The molecule has 2 rings (SSSR count). The van der Waals surface area contributed by atoms with Crippen molar-refractivity contribution in [3.63, 3.8) is 0 Å². The lowest BCUT2D eigenvalue weighted by Crippen LogP contribution is -2.33. The van der Waals surface area contributed by atoms with Gasteiger partial charge in [-0.05, 0) is 18.9 Å². The Kier molecular flexibility index (Phi) is 4.15. The molecule has 1 saturated carbocycles. The summed E-state index contributed by atoms with van der Waals surface area (Å²) >= 11 is 0. The lowest BCUT2D eigenvalue weighted by Gasteiger charge is -2.10. The highest BCUT2D eigenvalue weighted by atomic mass is 16.6. The molecule has 1 aromatic rings. The average molecular weight is 275 g/mol. The largest absolute Gasteiger partial charge is 0.433 e. The predicted molar refractivity (Wildman–Crippen MR) is 69.4 cm³/mol. The highest BCUT2D eigenvalue weighted by molar-refractivity contribution is 6.01. The molecule has 0 atom stereocenters. The van der Waals surface area contributed by atoms with E-state index < -0.39 is 16.7 Å². The molecule has 0 aliphatic heterocycles. The van der Waals surface area contributed by atoms with Crippen molar-refractivity contribution < 1.29 is 14.1 Å². The Balaban J connectivity index is 2.09. The van der Waals surface area contributed by atoms with E-state index in [1.54, 1.807) is 6.07 Å². The summed E-state index contributed by atoms with van der Waals surface area (Å²) in [5.41, 5.74) is -0.124. The van der Waals surface area contributed by atoms with E-state index in [0.717, 1.165) is 25.7 Å². The number of furan rings is 1. The second-order valence-electron chi connectivity index (χ2n) is 4.56. The van der Waals surface area contributed by atoms with E-state index in [-0.39, 0.29) is 17.4 Å². The van der Waals surface area contributed by atoms with Gasteiger partial charge in [-0.25, -0.2) is 0 Å². The van der Waals surface area contributed by atoms with Crippen molar-refractivity contribution in [1.29, 1.82) is 5.26 Å². The van der Waals surface area contributed by atoms with Gasteiger partial charge in [0.1, 0.15) is 22.3 Å². The maximum Gasteiger partial charge on any atom is 0.433 e. The van der Waals surface area contributed by atoms with Crippen molar-refractivity contribution in [2.75, 3.05) is 0 Å². The number of hydrogen-bond donors (Lipinski definition) is 1. The Morgan fingerprint density at radius 2 is 2.20 bits per heavy atom. The van der Waals surface area contributed by atoms with Crippen LogP contribution < -0.4 is 5.32 Å². The van der Waals surface area contributed by atoms with Crippen LogP contribution in [0.4, 0.5) is 5.88 Å². The average Bonchev–Trinajstić information content (AvgIpc) is 3.06. The Morgan fingerprint density at radius 3 is 2.75 bits per heavy atom. The van der Waals surface area contributed by atoms with Crippen molar-refractivity contribution in [2.24, 2.45) is 0 Å². The first-order chi connectivity index (χ1) is 9.60. The monoisotopic (exact) mass is 275 g/mol. The topological polar surface area (TPSA) is 109 Å². The number of hydrogen-bond acceptors (Lipinski definition) is 5. The third kappa shape index (κ3) is 3.23. The maximum absolute atomic E-state index is 11.9. The molecule has 1 aliphatic rings. The second kappa shape index (κ2) is 6.02. The van der Waals surface area contributed by atoms with Crippen LogP contribution in [0.5, 0.6) is 0 Å². The Labute approximate surface area is 115 Å². The van der Waals surface area contributed by atoms with Gasteiger partial charge < -0.3 is 9.73 Å². The van der Waals surface area contributed by atoms with E-state index in [2.05, 4.69) is 5.32 Å². The van der Waals surface area contributed by atoms with E-state index in [1.807, 2.05) is 0 Å². The number of nitrogens with one attached hydrogen (secondary N) is 1. The van der Waals surface area contributed by atoms with Crippen LogP contribution >= 0.6 is 0 Å². The second-order valence-corrected chi connectivity index (χ2v) is 4.56. The van der Waals surface area contributed by atoms with Crippen LogP contribution in [0.15, 0.2) is 22.1 Å². The third-order valence-electron chi connectivity index (χ3n) is 3.13. The lowest BCUT2D eigenvalue weighted by molar-refractivity contribution is -0.402. The fourth-order valence-electron chi connectivity index (χ4n) is 2.14. The van der Waals surface area contributed by atoms with Crippen LogP contribution in [0.2, 0.25) is 0 Å². The van der Waals surface area contributed by atoms with Crippen LogP contribution in [0.3, 0.4) is 0 Å². The molecular formula is C13H13N3O4. The molecule has 1 amide bonds. The molecule has 0 aromatic carbocycles. The van der Waals surface area contributed by atoms with Crippen molar-refractivity contribution in [3.8, 4) is 6.07 Å². The summed E-state index contributed by atoms with van der Waals surface area (Å²) in [5, 5.41) is 22.2. The molecule has 1 N–H and O–H groups in total. The van der Waals surface area contributed by atoms with Gasteiger partial charge in [-0.3, -0.25) is 14.9 Å². The van der Waals surface area contributed by atoms with Gasteiger partial charge in [0.2, 0.25) is 0 Å². The number of nitro groups is 1. The van der Waals surface area contributed by atoms with Gasteiger partial charge in [0.05, 0.1) is 6.07 Å². The number of nitriles is 1. The molecule has 1 aromatic heterocycles. The minimum Gasteiger partial charge on any atom is -0.401 e. The van der Waals surface area contributed by atoms with Crippen molar-refractivity contribution in [1.82, 2.24) is 5.32 Å². The minimum atomic E-state index is -0.679. The fourth-order valence-corrected chi connectivity index (χ4v) is 2.14. The zero-order chi connectivity index (χ0) is 14.5. The van der Waals surface area contributed by atoms with Crippen molar-refractivity contribution in [2.45, 2.75) is 31.7 Å². The molecule has 20 heavy (non-hydrogen) atoms. The maximum atomic E-state index is 11.9. The molecule has 0 saturated heterocycles. The van der Waals surface area contributed by atoms with Crippen LogP contribution in [-0.2, 0) is 4.79 Å². The molecule has 104 valence electrons. The summed E-state index contributed by atoms with van der Waals surface area (Å²) in [5.74, 6) is -0.794. The minimum absolute atomic E-state index is 0.102. The van der Waals surface area contributed by atoms with Gasteiger partial charge in [-0.1, -0.05) is 12.8 Å². The Hall–Kier alpha value is -2.62. The van der Waals surface area contributed by atoms with E-state index in [0.29, 0.717) is 0 Å². The fraction of sp³-hybridized carbons (Fsp3) is 0.385. The van der Waals surface area contributed by atoms with E-state index in [1.165, 1.54) is 18.2 Å². The number of carbonyl (C=O) groups excluding carboxylic acids is 1. The molecule has 1 aliphatic carbocycles. The van der Waals surface area contributed by atoms with E-state index in [9.17, 15) is 14.9 Å². The van der Waals surface area contributed by atoms with Crippen LogP contribution in [0.1, 0.15) is 31.4 Å². The molecular weight excluding hydrogens is 262 g/mol. The summed E-state index contributed by atoms with van der Waals surface area (Å²) in [6, 6.07) is 4.41. The van der Waals surface area contributed by atoms with Crippen molar-refractivity contribution in [3.05, 3.63) is 33.6 Å². The smallest absolute Gasteiger partial charge is 0.401 e. The van der Waals surface area contributed by atoms with E-state index in [4.69, 9.17) is 9.68 Å². The quantitative estimate of drug-likeness (QED) is 0.392.